The fraction of sp³-hybridized carbons (Fsp3) is 0.923. The van der Waals surface area contributed by atoms with Crippen LogP contribution in [0, 0.1) is 5.92 Å². The summed E-state index contributed by atoms with van der Waals surface area (Å²) in [6.07, 6.45) is 7.78. The molecule has 3 nitrogen and oxygen atoms in total. The Bertz CT molecular complexity index is 327. The van der Waals surface area contributed by atoms with Gasteiger partial charge in [0.05, 0.1) is 5.75 Å². The number of carbonyl (C=O) groups excluding carboxylic acids is 1. The molecule has 0 aromatic heterocycles. The molecule has 1 rings (SSSR count). The highest BCUT2D eigenvalue weighted by atomic mass is 32.2. The van der Waals surface area contributed by atoms with Crippen LogP contribution < -0.4 is 0 Å². The molecule has 1 aliphatic rings. The average Bonchev–Trinajstić information content (AvgIpc) is 2.79. The summed E-state index contributed by atoms with van der Waals surface area (Å²) in [5, 5.41) is 0. The lowest BCUT2D eigenvalue weighted by atomic mass is 9.99. The molecule has 0 N–H and O–H groups in total. The molecule has 0 aliphatic heterocycles. The monoisotopic (exact) mass is 260 g/mol. The van der Waals surface area contributed by atoms with E-state index in [1.54, 1.807) is 6.92 Å². The molecular weight excluding hydrogens is 236 g/mol. The van der Waals surface area contributed by atoms with Gasteiger partial charge in [-0.2, -0.15) is 0 Å². The zero-order valence-corrected chi connectivity index (χ0v) is 11.6. The molecule has 0 saturated heterocycles. The summed E-state index contributed by atoms with van der Waals surface area (Å²) in [7, 11) is -2.90. The summed E-state index contributed by atoms with van der Waals surface area (Å²) in [5.41, 5.74) is 0. The topological polar surface area (TPSA) is 51.2 Å². The third-order valence-corrected chi connectivity index (χ3v) is 5.45. The first-order valence-electron chi connectivity index (χ1n) is 6.75. The predicted octanol–water partition coefficient (Wildman–Crippen LogP) is 2.74. The van der Waals surface area contributed by atoms with Gasteiger partial charge < -0.3 is 0 Å². The quantitative estimate of drug-likeness (QED) is 0.674. The average molecular weight is 260 g/mol. The van der Waals surface area contributed by atoms with Crippen molar-refractivity contribution in [1.82, 2.24) is 0 Å². The molecule has 0 unspecified atom stereocenters. The van der Waals surface area contributed by atoms with Crippen molar-refractivity contribution in [1.29, 1.82) is 0 Å². The van der Waals surface area contributed by atoms with Crippen molar-refractivity contribution in [2.75, 3.05) is 11.5 Å². The minimum Gasteiger partial charge on any atom is -0.300 e. The number of rotatable bonds is 8. The summed E-state index contributed by atoms with van der Waals surface area (Å²) in [6.45, 7) is 1.65. The summed E-state index contributed by atoms with van der Waals surface area (Å²) < 4.78 is 22.5. The molecule has 0 aromatic rings. The summed E-state index contributed by atoms with van der Waals surface area (Å²) in [6, 6.07) is 0. The van der Waals surface area contributed by atoms with Gasteiger partial charge in [-0.1, -0.05) is 32.6 Å². The highest BCUT2D eigenvalue weighted by Gasteiger charge is 2.16. The Morgan fingerprint density at radius 3 is 2.41 bits per heavy atom. The number of sulfone groups is 1. The van der Waals surface area contributed by atoms with Crippen molar-refractivity contribution >= 4 is 15.6 Å². The van der Waals surface area contributed by atoms with E-state index in [1.807, 2.05) is 0 Å². The van der Waals surface area contributed by atoms with Crippen LogP contribution in [0.5, 0.6) is 0 Å². The van der Waals surface area contributed by atoms with Crippen molar-refractivity contribution in [2.45, 2.75) is 58.3 Å². The van der Waals surface area contributed by atoms with Crippen LogP contribution in [-0.2, 0) is 14.6 Å². The highest BCUT2D eigenvalue weighted by molar-refractivity contribution is 7.91. The minimum atomic E-state index is -2.90. The van der Waals surface area contributed by atoms with Crippen LogP contribution in [0.2, 0.25) is 0 Å². The zero-order valence-electron chi connectivity index (χ0n) is 10.8. The highest BCUT2D eigenvalue weighted by Crippen LogP contribution is 2.28. The first-order valence-corrected chi connectivity index (χ1v) is 8.58. The van der Waals surface area contributed by atoms with Gasteiger partial charge in [-0.3, -0.25) is 4.79 Å². The first kappa shape index (κ1) is 14.7. The molecule has 100 valence electrons. The summed E-state index contributed by atoms with van der Waals surface area (Å²) >= 11 is 0. The predicted molar refractivity (Wildman–Crippen MR) is 69.8 cm³/mol. The van der Waals surface area contributed by atoms with Gasteiger partial charge in [0, 0.05) is 18.6 Å². The lowest BCUT2D eigenvalue weighted by Crippen LogP contribution is -2.10. The van der Waals surface area contributed by atoms with Gasteiger partial charge in [0.15, 0.2) is 0 Å². The lowest BCUT2D eigenvalue weighted by molar-refractivity contribution is -0.119. The number of carbonyl (C=O) groups is 1. The van der Waals surface area contributed by atoms with E-state index in [-0.39, 0.29) is 17.3 Å². The van der Waals surface area contributed by atoms with Crippen LogP contribution in [0.15, 0.2) is 0 Å². The Hall–Kier alpha value is -0.380. The van der Waals surface area contributed by atoms with E-state index >= 15 is 0 Å². The van der Waals surface area contributed by atoms with Gasteiger partial charge in [-0.05, 0) is 18.8 Å². The Morgan fingerprint density at radius 2 is 1.82 bits per heavy atom. The zero-order chi connectivity index (χ0) is 12.7. The van der Waals surface area contributed by atoms with E-state index in [0.717, 1.165) is 12.3 Å². The van der Waals surface area contributed by atoms with Gasteiger partial charge >= 0.3 is 0 Å². The second kappa shape index (κ2) is 7.14. The van der Waals surface area contributed by atoms with Crippen LogP contribution in [-0.4, -0.2) is 25.7 Å². The number of hydrogen-bond donors (Lipinski definition) is 0. The molecule has 0 heterocycles. The normalized spacial score (nSPS) is 17.5. The van der Waals surface area contributed by atoms with Crippen LogP contribution in [0.4, 0.5) is 0 Å². The second-order valence-electron chi connectivity index (χ2n) is 5.07. The smallest absolute Gasteiger partial charge is 0.150 e. The Balaban J connectivity index is 2.08. The molecule has 1 fully saturated rings. The van der Waals surface area contributed by atoms with Gasteiger partial charge in [0.1, 0.15) is 15.6 Å². The standard InChI is InChI=1S/C13H24O3S/c1-2-17(15,16)11-5-8-13(14)10-9-12-6-3-4-7-12/h12H,2-11H2,1H3. The van der Waals surface area contributed by atoms with Crippen LogP contribution in [0.3, 0.4) is 0 Å². The van der Waals surface area contributed by atoms with E-state index in [0.29, 0.717) is 19.3 Å². The van der Waals surface area contributed by atoms with E-state index in [2.05, 4.69) is 0 Å². The Morgan fingerprint density at radius 1 is 1.18 bits per heavy atom. The SMILES string of the molecule is CCS(=O)(=O)CCCC(=O)CCC1CCCC1. The van der Waals surface area contributed by atoms with E-state index in [9.17, 15) is 13.2 Å². The third kappa shape index (κ3) is 6.20. The molecule has 0 bridgehead atoms. The van der Waals surface area contributed by atoms with Crippen molar-refractivity contribution in [2.24, 2.45) is 5.92 Å². The number of ketones is 1. The summed E-state index contributed by atoms with van der Waals surface area (Å²) in [4.78, 5) is 11.6. The molecule has 0 spiro atoms. The van der Waals surface area contributed by atoms with Gasteiger partial charge in [0.2, 0.25) is 0 Å². The minimum absolute atomic E-state index is 0.165. The van der Waals surface area contributed by atoms with Crippen LogP contribution >= 0.6 is 0 Å². The number of hydrogen-bond acceptors (Lipinski definition) is 3. The van der Waals surface area contributed by atoms with Crippen molar-refractivity contribution in [3.05, 3.63) is 0 Å². The summed E-state index contributed by atoms with van der Waals surface area (Å²) in [5.74, 6) is 1.34. The lowest BCUT2D eigenvalue weighted by Gasteiger charge is -2.07. The Labute approximate surface area is 105 Å². The first-order chi connectivity index (χ1) is 8.03. The fourth-order valence-electron chi connectivity index (χ4n) is 2.42. The molecule has 1 aliphatic carbocycles. The van der Waals surface area contributed by atoms with E-state index in [4.69, 9.17) is 0 Å². The van der Waals surface area contributed by atoms with Gasteiger partial charge in [0.25, 0.3) is 0 Å². The largest absolute Gasteiger partial charge is 0.300 e. The molecule has 4 heteroatoms. The maximum Gasteiger partial charge on any atom is 0.150 e. The van der Waals surface area contributed by atoms with Crippen molar-refractivity contribution in [3.63, 3.8) is 0 Å². The fourth-order valence-corrected chi connectivity index (χ4v) is 3.30. The molecular formula is C13H24O3S. The number of Topliss-reactive ketones (excluding diaryl/α,β-unsaturated/α-hetero) is 1. The second-order valence-corrected chi connectivity index (χ2v) is 7.54. The maximum absolute atomic E-state index is 11.6. The maximum atomic E-state index is 11.6. The van der Waals surface area contributed by atoms with Crippen LogP contribution in [0.1, 0.15) is 58.3 Å². The van der Waals surface area contributed by atoms with Crippen molar-refractivity contribution in [3.8, 4) is 0 Å². The molecule has 0 atom stereocenters. The molecule has 0 aromatic carbocycles. The molecule has 1 saturated carbocycles. The van der Waals surface area contributed by atoms with Crippen LogP contribution in [0.25, 0.3) is 0 Å². The van der Waals surface area contributed by atoms with E-state index < -0.39 is 9.84 Å². The van der Waals surface area contributed by atoms with E-state index in [1.165, 1.54) is 25.7 Å². The van der Waals surface area contributed by atoms with Crippen molar-refractivity contribution < 1.29 is 13.2 Å². The molecule has 0 radical (unpaired) electrons. The van der Waals surface area contributed by atoms with Gasteiger partial charge in [-0.25, -0.2) is 8.42 Å². The molecule has 0 amide bonds. The Kier molecular flexibility index (Phi) is 6.17. The molecule has 17 heavy (non-hydrogen) atoms. The van der Waals surface area contributed by atoms with Gasteiger partial charge in [-0.15, -0.1) is 0 Å². The third-order valence-electron chi connectivity index (χ3n) is 3.66.